The Hall–Kier alpha value is -9.92. The Morgan fingerprint density at radius 3 is 1.45 bits per heavy atom. The zero-order valence-electron chi connectivity index (χ0n) is 56.0. The van der Waals surface area contributed by atoms with Crippen LogP contribution in [0.1, 0.15) is 149 Å². The predicted molar refractivity (Wildman–Crippen MR) is 359 cm³/mol. The molecule has 29 heteroatoms. The number of rotatable bonds is 13. The van der Waals surface area contributed by atoms with Crippen LogP contribution in [0.3, 0.4) is 0 Å². The Morgan fingerprint density at radius 2 is 1.03 bits per heavy atom. The summed E-state index contributed by atoms with van der Waals surface area (Å²) in [5.41, 5.74) is 20.3. The van der Waals surface area contributed by atoms with Gasteiger partial charge in [0.25, 0.3) is 11.1 Å². The minimum absolute atomic E-state index is 0.0000973. The average molecular weight is 1360 g/mol. The van der Waals surface area contributed by atoms with Crippen molar-refractivity contribution >= 4 is 57.9 Å². The highest BCUT2D eigenvalue weighted by Gasteiger charge is 2.51. The number of piperidine rings is 4. The highest BCUT2D eigenvalue weighted by atomic mass is 16.6. The fraction of sp³-hybridized carbons (Fsp3) is 0.514. The number of cyclic esters (lactones) is 2. The molecule has 29 nitrogen and oxygen atoms in total. The van der Waals surface area contributed by atoms with Crippen LogP contribution in [0.2, 0.25) is 0 Å². The van der Waals surface area contributed by atoms with E-state index in [-0.39, 0.29) is 67.0 Å². The van der Waals surface area contributed by atoms with Gasteiger partial charge in [-0.15, -0.1) is 0 Å². The molecule has 4 fully saturated rings. The summed E-state index contributed by atoms with van der Waals surface area (Å²) in [5.74, 6) is -2.66. The first-order valence-electron chi connectivity index (χ1n) is 34.3. The molecule has 14 rings (SSSR count). The maximum atomic E-state index is 13.9. The number of carboxylic acid groups (broad SMARTS) is 1. The number of aromatic nitrogens is 4. The Morgan fingerprint density at radius 1 is 0.586 bits per heavy atom. The van der Waals surface area contributed by atoms with E-state index < -0.39 is 48.2 Å². The van der Waals surface area contributed by atoms with Gasteiger partial charge in [-0.05, 0) is 174 Å². The number of benzene rings is 2. The number of fused-ring (bicyclic) bond motifs is 10. The van der Waals surface area contributed by atoms with E-state index >= 15 is 0 Å². The number of likely N-dealkylation sites (tertiary alicyclic amines) is 4. The fourth-order valence-electron chi connectivity index (χ4n) is 15.5. The van der Waals surface area contributed by atoms with E-state index in [0.29, 0.717) is 109 Å². The molecular formula is C70H80N14O15. The Bertz CT molecular complexity index is 4460. The van der Waals surface area contributed by atoms with Gasteiger partial charge in [0.05, 0.1) is 58.0 Å². The summed E-state index contributed by atoms with van der Waals surface area (Å²) in [6, 6.07) is 15.4. The summed E-state index contributed by atoms with van der Waals surface area (Å²) in [6.45, 7) is 13.9. The van der Waals surface area contributed by atoms with E-state index in [1.807, 2.05) is 36.1 Å². The Labute approximate surface area is 568 Å². The van der Waals surface area contributed by atoms with Gasteiger partial charge in [-0.2, -0.15) is 0 Å². The minimum atomic E-state index is -1.88. The van der Waals surface area contributed by atoms with Crippen LogP contribution in [0, 0.1) is 0 Å². The van der Waals surface area contributed by atoms with Crippen molar-refractivity contribution in [1.82, 2.24) is 38.7 Å². The molecule has 0 bridgehead atoms. The molecule has 0 saturated carbocycles. The maximum Gasteiger partial charge on any atom is 0.415 e. The van der Waals surface area contributed by atoms with E-state index in [2.05, 4.69) is 36.8 Å². The first-order chi connectivity index (χ1) is 47.9. The van der Waals surface area contributed by atoms with E-state index in [1.54, 1.807) is 52.1 Å². The summed E-state index contributed by atoms with van der Waals surface area (Å²) in [5, 5.41) is 26.6. The molecule has 4 aromatic heterocycles. The Balaban J connectivity index is 0.000000173. The zero-order valence-corrected chi connectivity index (χ0v) is 56.0. The molecule has 4 saturated heterocycles. The number of esters is 3. The number of amides is 2. The lowest BCUT2D eigenvalue weighted by Gasteiger charge is -2.39. The number of hydrogen-bond acceptors (Lipinski definition) is 20. The number of azide groups is 2. The number of aryl methyl sites for hydroxylation is 2. The number of aliphatic hydroxyl groups is 1. The SMILES string of the molecule is CCc1c2c(nc3ccc(OC(=O)N4CCC(N5CCCCC5)CC4)cc13)-c1cc3c(c(=O)n1C2)COC(=O)[C@@]3(CC)OC(=O)CN=[N+]=[N-].CCc1c2c(nc3ccc(OC(=O)N4CCC(N5CCCCC5)CC4)cc13)-c1cc3c(c(=O)n1C2)COC(=O)[C@]3(O)CC.[N-]=[N+]=NCC(=O)O. The molecule has 520 valence electrons. The quantitative estimate of drug-likeness (QED) is 0.0356. The van der Waals surface area contributed by atoms with Crippen molar-refractivity contribution in [1.29, 1.82) is 0 Å². The third kappa shape index (κ3) is 13.4. The smallest absolute Gasteiger partial charge is 0.415 e. The maximum absolute atomic E-state index is 13.9. The highest BCUT2D eigenvalue weighted by Crippen LogP contribution is 2.44. The van der Waals surface area contributed by atoms with E-state index in [1.165, 1.54) is 51.6 Å². The lowest BCUT2D eigenvalue weighted by molar-refractivity contribution is -0.188. The number of carbonyl (C=O) groups excluding carboxylic acids is 5. The van der Waals surface area contributed by atoms with Gasteiger partial charge in [0.2, 0.25) is 5.60 Å². The number of ether oxygens (including phenoxy) is 5. The summed E-state index contributed by atoms with van der Waals surface area (Å²) < 4.78 is 31.2. The molecule has 12 heterocycles. The van der Waals surface area contributed by atoms with Crippen molar-refractivity contribution in [3.05, 3.63) is 135 Å². The highest BCUT2D eigenvalue weighted by molar-refractivity contribution is 5.93. The summed E-state index contributed by atoms with van der Waals surface area (Å²) >= 11 is 0. The summed E-state index contributed by atoms with van der Waals surface area (Å²) in [6.07, 6.45) is 12.2. The molecule has 2 N–H and O–H groups in total. The fourth-order valence-corrected chi connectivity index (χ4v) is 15.5. The third-order valence-electron chi connectivity index (χ3n) is 20.7. The lowest BCUT2D eigenvalue weighted by atomic mass is 9.85. The van der Waals surface area contributed by atoms with Crippen LogP contribution in [-0.4, -0.2) is 163 Å². The van der Waals surface area contributed by atoms with Gasteiger partial charge in [-0.1, -0.05) is 50.8 Å². The monoisotopic (exact) mass is 1360 g/mol. The van der Waals surface area contributed by atoms with Gasteiger partial charge in [-0.25, -0.2) is 29.1 Å². The van der Waals surface area contributed by atoms with Crippen molar-refractivity contribution in [3.8, 4) is 34.3 Å². The number of hydrogen-bond donors (Lipinski definition) is 2. The van der Waals surface area contributed by atoms with Crippen LogP contribution < -0.4 is 20.6 Å². The molecule has 2 aromatic carbocycles. The second-order valence-corrected chi connectivity index (χ2v) is 26.1. The van der Waals surface area contributed by atoms with E-state index in [4.69, 9.17) is 49.8 Å². The molecule has 0 radical (unpaired) electrons. The number of pyridine rings is 4. The molecule has 0 aliphatic carbocycles. The standard InChI is InChI=1S/C35H39N7O7.C33H38N4O6.C2H3N3O2/c1-3-23-24-16-22(48-34(46)41-14-10-21(11-15-41)40-12-6-5-7-13-40)8-9-28(24)38-31-25(23)19-42-29(31)17-27-26(32(42)44)20-47-33(45)35(27,4-2)49-30(43)18-37-39-36;1-3-22-23-16-21(43-32(40)36-14-10-20(11-15-36)35-12-6-5-7-13-35)8-9-27(23)34-29-24(22)18-37-28(29)17-26-25(30(37)38)19-42-31(39)33(26,41)4-2;3-5-4-1-2(6)7/h8-9,16-17,21H,3-7,10-15,18-20H2,1-2H3;8-9,16-17,20,41H,3-7,10-15,18-19H2,1-2H3;1H2,(H,6,7)/t35-;33-;/m00./s1. The molecule has 0 spiro atoms. The molecule has 6 aromatic rings. The first-order valence-corrected chi connectivity index (χ1v) is 34.3. The predicted octanol–water partition coefficient (Wildman–Crippen LogP) is 9.42. The Kier molecular flexibility index (Phi) is 20.4. The second kappa shape index (κ2) is 29.3. The lowest BCUT2D eigenvalue weighted by Crippen LogP contribution is -2.48. The van der Waals surface area contributed by atoms with Gasteiger partial charge in [0.15, 0.2) is 5.60 Å². The number of aliphatic carboxylic acids is 1. The van der Waals surface area contributed by atoms with E-state index in [9.17, 15) is 43.5 Å². The van der Waals surface area contributed by atoms with Crippen LogP contribution >= 0.6 is 0 Å². The van der Waals surface area contributed by atoms with Crippen molar-refractivity contribution in [2.24, 2.45) is 10.2 Å². The largest absolute Gasteiger partial charge is 0.481 e. The third-order valence-corrected chi connectivity index (χ3v) is 20.7. The van der Waals surface area contributed by atoms with Crippen LogP contribution in [0.25, 0.3) is 65.5 Å². The van der Waals surface area contributed by atoms with Gasteiger partial charge >= 0.3 is 36.1 Å². The van der Waals surface area contributed by atoms with Gasteiger partial charge in [-0.3, -0.25) is 19.2 Å². The van der Waals surface area contributed by atoms with Crippen molar-refractivity contribution in [3.63, 3.8) is 0 Å². The number of carboxylic acids is 1. The molecule has 8 aliphatic heterocycles. The molecule has 2 atom stereocenters. The second-order valence-electron chi connectivity index (χ2n) is 26.1. The topological polar surface area (TPSA) is 369 Å². The molecule has 99 heavy (non-hydrogen) atoms. The van der Waals surface area contributed by atoms with E-state index in [0.717, 1.165) is 77.3 Å². The van der Waals surface area contributed by atoms with Crippen molar-refractivity contribution < 1.29 is 62.7 Å². The van der Waals surface area contributed by atoms with Crippen LogP contribution in [0.15, 0.2) is 68.3 Å². The average Bonchev–Trinajstić information content (AvgIpc) is 1.62. The van der Waals surface area contributed by atoms with Crippen molar-refractivity contribution in [2.75, 3.05) is 65.4 Å². The first kappa shape index (κ1) is 69.0. The van der Waals surface area contributed by atoms with Crippen LogP contribution in [0.5, 0.6) is 11.5 Å². The summed E-state index contributed by atoms with van der Waals surface area (Å²) in [4.78, 5) is 125. The van der Waals surface area contributed by atoms with Crippen molar-refractivity contribution in [2.45, 2.75) is 167 Å². The molecule has 2 amide bonds. The molecule has 0 unspecified atom stereocenters. The number of nitrogens with zero attached hydrogens (tertiary/aromatic N) is 14. The minimum Gasteiger partial charge on any atom is -0.481 e. The summed E-state index contributed by atoms with van der Waals surface area (Å²) in [7, 11) is 0. The normalized spacial score (nSPS) is 20.3. The van der Waals surface area contributed by atoms with Crippen LogP contribution in [-0.2, 0) is 83.7 Å². The zero-order chi connectivity index (χ0) is 69.9. The van der Waals surface area contributed by atoms with Crippen LogP contribution in [0.4, 0.5) is 9.59 Å². The van der Waals surface area contributed by atoms with Gasteiger partial charge < -0.3 is 62.6 Å². The van der Waals surface area contributed by atoms with Gasteiger partial charge in [0.1, 0.15) is 37.8 Å². The van der Waals surface area contributed by atoms with Gasteiger partial charge in [0, 0.05) is 81.1 Å². The number of carbonyl (C=O) groups is 6. The molecule has 8 aliphatic rings. The molecular weight excluding hydrogens is 1280 g/mol.